The average Bonchev–Trinajstić information content (AvgIpc) is 3.00. The number of esters is 1. The van der Waals surface area contributed by atoms with E-state index in [1.54, 1.807) is 6.92 Å². The molecule has 0 unspecified atom stereocenters. The molecule has 0 fully saturated rings. The van der Waals surface area contributed by atoms with Crippen molar-refractivity contribution >= 4 is 5.97 Å². The van der Waals surface area contributed by atoms with Crippen molar-refractivity contribution < 1.29 is 24.9 Å². The quantitative estimate of drug-likeness (QED) is 0.389. The number of rotatable bonds is 9. The summed E-state index contributed by atoms with van der Waals surface area (Å²) in [5.41, 5.74) is 3.59. The summed E-state index contributed by atoms with van der Waals surface area (Å²) in [4.78, 5) is 11.9. The maximum absolute atomic E-state index is 11.9. The van der Waals surface area contributed by atoms with Gasteiger partial charge in [0.15, 0.2) is 0 Å². The van der Waals surface area contributed by atoms with Crippen molar-refractivity contribution in [1.82, 2.24) is 0 Å². The van der Waals surface area contributed by atoms with Gasteiger partial charge < -0.3 is 20.1 Å². The Bertz CT molecular complexity index is 825. The number of allylic oxidation sites excluding steroid dienone is 4. The molecule has 0 saturated heterocycles. The van der Waals surface area contributed by atoms with Crippen molar-refractivity contribution in [2.45, 2.75) is 85.4 Å². The molecule has 0 amide bonds. The van der Waals surface area contributed by atoms with Crippen LogP contribution in [-0.4, -0.2) is 26.9 Å². The summed E-state index contributed by atoms with van der Waals surface area (Å²) >= 11 is 0. The zero-order valence-electron chi connectivity index (χ0n) is 18.3. The number of carbonyl (C=O) groups excluding carboxylic acids is 1. The minimum absolute atomic E-state index is 0.0335. The molecular formula is C24H34O5. The zero-order valence-corrected chi connectivity index (χ0v) is 18.3. The van der Waals surface area contributed by atoms with Gasteiger partial charge in [-0.05, 0) is 78.7 Å². The van der Waals surface area contributed by atoms with Crippen LogP contribution >= 0.6 is 0 Å². The number of hydrogen-bond acceptors (Lipinski definition) is 5. The van der Waals surface area contributed by atoms with Gasteiger partial charge in [0.25, 0.3) is 0 Å². The molecule has 0 radical (unpaired) electrons. The monoisotopic (exact) mass is 402 g/mol. The Morgan fingerprint density at radius 1 is 1.10 bits per heavy atom. The van der Waals surface area contributed by atoms with Crippen molar-refractivity contribution in [2.75, 3.05) is 0 Å². The molecule has 29 heavy (non-hydrogen) atoms. The van der Waals surface area contributed by atoms with E-state index in [1.165, 1.54) is 5.57 Å². The molecule has 3 N–H and O–H groups in total. The third-order valence-electron chi connectivity index (χ3n) is 5.52. The third-order valence-corrected chi connectivity index (χ3v) is 5.52. The van der Waals surface area contributed by atoms with Crippen LogP contribution in [0.3, 0.4) is 0 Å². The molecule has 0 spiro atoms. The highest BCUT2D eigenvalue weighted by atomic mass is 16.5. The lowest BCUT2D eigenvalue weighted by atomic mass is 9.94. The second-order valence-corrected chi connectivity index (χ2v) is 8.74. The maximum Gasteiger partial charge on any atom is 0.342 e. The Morgan fingerprint density at radius 3 is 2.41 bits per heavy atom. The highest BCUT2D eigenvalue weighted by Gasteiger charge is 2.31. The van der Waals surface area contributed by atoms with Crippen LogP contribution < -0.4 is 0 Å². The van der Waals surface area contributed by atoms with Crippen LogP contribution in [-0.2, 0) is 17.8 Å². The summed E-state index contributed by atoms with van der Waals surface area (Å²) in [6.07, 6.45) is 9.13. The standard InChI is InChI=1S/C24H34O5/c1-15(10-7-13-24(4,5)28)8-6-9-16(2)11-12-18-21(25)17(3)19-14-29-23(27)20(19)22(18)26/h8,11,25-26,28H,6-7,9-10,12-14H2,1-5H3. The van der Waals surface area contributed by atoms with Crippen molar-refractivity contribution in [1.29, 1.82) is 0 Å². The van der Waals surface area contributed by atoms with Crippen molar-refractivity contribution in [3.63, 3.8) is 0 Å². The Balaban J connectivity index is 1.95. The van der Waals surface area contributed by atoms with Gasteiger partial charge in [-0.3, -0.25) is 0 Å². The lowest BCUT2D eigenvalue weighted by molar-refractivity contribution is 0.0532. The van der Waals surface area contributed by atoms with Crippen molar-refractivity contribution in [3.8, 4) is 11.5 Å². The topological polar surface area (TPSA) is 87.0 Å². The summed E-state index contributed by atoms with van der Waals surface area (Å²) in [6, 6.07) is 0. The molecule has 0 aromatic heterocycles. The van der Waals surface area contributed by atoms with E-state index in [4.69, 9.17) is 4.74 Å². The average molecular weight is 403 g/mol. The first-order valence-electron chi connectivity index (χ1n) is 10.3. The van der Waals surface area contributed by atoms with E-state index in [1.807, 2.05) is 26.8 Å². The maximum atomic E-state index is 11.9. The molecule has 5 nitrogen and oxygen atoms in total. The van der Waals surface area contributed by atoms with Crippen LogP contribution in [0.4, 0.5) is 0 Å². The fraction of sp³-hybridized carbons (Fsp3) is 0.542. The molecule has 0 saturated carbocycles. The molecule has 1 aliphatic heterocycles. The molecule has 0 atom stereocenters. The van der Waals surface area contributed by atoms with Crippen molar-refractivity contribution in [2.24, 2.45) is 0 Å². The molecule has 1 heterocycles. The Kier molecular flexibility index (Phi) is 7.53. The Labute approximate surface area is 173 Å². The van der Waals surface area contributed by atoms with Crippen LogP contribution in [0.2, 0.25) is 0 Å². The number of phenols is 2. The van der Waals surface area contributed by atoms with Gasteiger partial charge in [0.1, 0.15) is 23.7 Å². The van der Waals surface area contributed by atoms with Gasteiger partial charge in [0.2, 0.25) is 0 Å². The van der Waals surface area contributed by atoms with E-state index in [9.17, 15) is 20.1 Å². The van der Waals surface area contributed by atoms with E-state index in [-0.39, 0.29) is 23.7 Å². The Morgan fingerprint density at radius 2 is 1.76 bits per heavy atom. The summed E-state index contributed by atoms with van der Waals surface area (Å²) in [5, 5.41) is 30.7. The summed E-state index contributed by atoms with van der Waals surface area (Å²) < 4.78 is 5.00. The van der Waals surface area contributed by atoms with E-state index < -0.39 is 11.6 Å². The number of aromatic hydroxyl groups is 2. The SMILES string of the molecule is CC(=CCc1c(O)c(C)c2c(c1O)C(=O)OC2)CCC=C(C)CCCC(C)(C)O. The van der Waals surface area contributed by atoms with Gasteiger partial charge in [-0.15, -0.1) is 0 Å². The van der Waals surface area contributed by atoms with Gasteiger partial charge >= 0.3 is 5.97 Å². The Hall–Kier alpha value is -2.27. The van der Waals surface area contributed by atoms with Crippen LogP contribution in [0.1, 0.15) is 86.8 Å². The number of phenolic OH excluding ortho intramolecular Hbond substituents is 2. The van der Waals surface area contributed by atoms with Crippen molar-refractivity contribution in [3.05, 3.63) is 45.6 Å². The highest BCUT2D eigenvalue weighted by Crippen LogP contribution is 2.41. The number of benzene rings is 1. The number of cyclic esters (lactones) is 1. The summed E-state index contributed by atoms with van der Waals surface area (Å²) in [6.45, 7) is 9.65. The second kappa shape index (κ2) is 9.49. The van der Waals surface area contributed by atoms with Gasteiger partial charge in [-0.1, -0.05) is 23.3 Å². The predicted molar refractivity (Wildman–Crippen MR) is 114 cm³/mol. The molecule has 1 aromatic carbocycles. The molecule has 0 aliphatic carbocycles. The predicted octanol–water partition coefficient (Wildman–Crippen LogP) is 5.23. The van der Waals surface area contributed by atoms with Gasteiger partial charge in [-0.2, -0.15) is 0 Å². The largest absolute Gasteiger partial charge is 0.507 e. The lowest BCUT2D eigenvalue weighted by Gasteiger charge is -2.16. The van der Waals surface area contributed by atoms with Crippen LogP contribution in [0.15, 0.2) is 23.3 Å². The van der Waals surface area contributed by atoms with Gasteiger partial charge in [-0.25, -0.2) is 4.79 Å². The molecule has 1 aromatic rings. The smallest absolute Gasteiger partial charge is 0.342 e. The number of ether oxygens (including phenoxy) is 1. The lowest BCUT2D eigenvalue weighted by Crippen LogP contribution is -2.17. The molecular weight excluding hydrogens is 368 g/mol. The first kappa shape index (κ1) is 23.0. The van der Waals surface area contributed by atoms with Gasteiger partial charge in [0.05, 0.1) is 5.60 Å². The molecule has 1 aliphatic rings. The zero-order chi connectivity index (χ0) is 21.8. The number of fused-ring (bicyclic) bond motifs is 1. The highest BCUT2D eigenvalue weighted by molar-refractivity contribution is 5.98. The van der Waals surface area contributed by atoms with Crippen LogP contribution in [0.25, 0.3) is 0 Å². The fourth-order valence-corrected chi connectivity index (χ4v) is 3.59. The van der Waals surface area contributed by atoms with E-state index >= 15 is 0 Å². The first-order chi connectivity index (χ1) is 13.5. The number of carbonyl (C=O) groups is 1. The minimum Gasteiger partial charge on any atom is -0.507 e. The van der Waals surface area contributed by atoms with Crippen LogP contribution in [0, 0.1) is 6.92 Å². The van der Waals surface area contributed by atoms with E-state index in [0.29, 0.717) is 23.1 Å². The first-order valence-corrected chi connectivity index (χ1v) is 10.3. The molecule has 160 valence electrons. The number of hydrogen-bond donors (Lipinski definition) is 3. The normalized spacial score (nSPS) is 14.9. The molecule has 2 rings (SSSR count). The summed E-state index contributed by atoms with van der Waals surface area (Å²) in [7, 11) is 0. The summed E-state index contributed by atoms with van der Waals surface area (Å²) in [5.74, 6) is -0.670. The number of aliphatic hydroxyl groups is 1. The minimum atomic E-state index is -0.608. The van der Waals surface area contributed by atoms with E-state index in [2.05, 4.69) is 13.0 Å². The third kappa shape index (κ3) is 6.10. The van der Waals surface area contributed by atoms with E-state index in [0.717, 1.165) is 37.7 Å². The fourth-order valence-electron chi connectivity index (χ4n) is 3.59. The molecule has 0 bridgehead atoms. The second-order valence-electron chi connectivity index (χ2n) is 8.74. The van der Waals surface area contributed by atoms with Crippen LogP contribution in [0.5, 0.6) is 11.5 Å². The van der Waals surface area contributed by atoms with Gasteiger partial charge in [0, 0.05) is 11.1 Å². The molecule has 5 heteroatoms.